The predicted molar refractivity (Wildman–Crippen MR) is 101 cm³/mol. The van der Waals surface area contributed by atoms with E-state index in [1.54, 1.807) is 23.8 Å². The first-order chi connectivity index (χ1) is 13.0. The Morgan fingerprint density at radius 3 is 2.93 bits per heavy atom. The molecule has 0 spiro atoms. The predicted octanol–water partition coefficient (Wildman–Crippen LogP) is 1.98. The highest BCUT2D eigenvalue weighted by Gasteiger charge is 2.36. The zero-order valence-corrected chi connectivity index (χ0v) is 15.3. The number of ether oxygens (including phenoxy) is 2. The number of anilines is 1. The van der Waals surface area contributed by atoms with E-state index in [0.717, 1.165) is 11.1 Å². The molecule has 0 bridgehead atoms. The molecule has 3 aromatic rings. The van der Waals surface area contributed by atoms with E-state index in [-0.39, 0.29) is 6.61 Å². The smallest absolute Gasteiger partial charge is 0.161 e. The summed E-state index contributed by atoms with van der Waals surface area (Å²) >= 11 is 6.14. The molecule has 4 N–H and O–H groups in total. The molecule has 3 heterocycles. The number of fused-ring (bicyclic) bond motifs is 1. The molecule has 3 atom stereocenters. The quantitative estimate of drug-likeness (QED) is 0.623. The lowest BCUT2D eigenvalue weighted by atomic mass is 10.1. The highest BCUT2D eigenvalue weighted by atomic mass is 35.5. The SMILES string of the molecule is COc1cc(-c2cn([C@@H]3O[C@H](CO)C[C@H]3O)c3ncnc(N)c23)ccc1Cl. The molecule has 0 radical (unpaired) electrons. The van der Waals surface area contributed by atoms with Crippen molar-refractivity contribution >= 4 is 28.5 Å². The molecule has 27 heavy (non-hydrogen) atoms. The van der Waals surface area contributed by atoms with Crippen molar-refractivity contribution in [1.82, 2.24) is 14.5 Å². The number of hydrogen-bond donors (Lipinski definition) is 3. The Morgan fingerprint density at radius 1 is 1.41 bits per heavy atom. The Hall–Kier alpha value is -2.39. The number of methoxy groups -OCH3 is 1. The molecule has 0 amide bonds. The molecule has 1 saturated heterocycles. The van der Waals surface area contributed by atoms with Crippen molar-refractivity contribution in [3.8, 4) is 16.9 Å². The molecular formula is C18H19ClN4O4. The van der Waals surface area contributed by atoms with Crippen LogP contribution < -0.4 is 10.5 Å². The number of hydrogen-bond acceptors (Lipinski definition) is 7. The molecule has 1 aliphatic heterocycles. The van der Waals surface area contributed by atoms with Crippen molar-refractivity contribution in [2.75, 3.05) is 19.5 Å². The van der Waals surface area contributed by atoms with Gasteiger partial charge in [-0.15, -0.1) is 0 Å². The Kier molecular flexibility index (Phi) is 4.65. The number of aliphatic hydroxyl groups excluding tert-OH is 2. The third-order valence-corrected chi connectivity index (χ3v) is 5.06. The van der Waals surface area contributed by atoms with Gasteiger partial charge in [-0.25, -0.2) is 9.97 Å². The molecule has 1 fully saturated rings. The number of benzene rings is 1. The summed E-state index contributed by atoms with van der Waals surface area (Å²) in [5, 5.41) is 20.9. The van der Waals surface area contributed by atoms with Crippen LogP contribution in [0, 0.1) is 0 Å². The van der Waals surface area contributed by atoms with Gasteiger partial charge in [0.15, 0.2) is 6.23 Å². The van der Waals surface area contributed by atoms with E-state index < -0.39 is 18.4 Å². The van der Waals surface area contributed by atoms with Crippen LogP contribution in [0.2, 0.25) is 5.02 Å². The first-order valence-corrected chi connectivity index (χ1v) is 8.80. The van der Waals surface area contributed by atoms with Crippen LogP contribution in [0.1, 0.15) is 12.6 Å². The first-order valence-electron chi connectivity index (χ1n) is 8.42. The van der Waals surface area contributed by atoms with Crippen LogP contribution in [0.4, 0.5) is 5.82 Å². The van der Waals surface area contributed by atoms with Gasteiger partial charge in [0.2, 0.25) is 0 Å². The third kappa shape index (κ3) is 3.00. The number of nitrogen functional groups attached to an aromatic ring is 1. The Bertz CT molecular complexity index is 993. The molecule has 2 aromatic heterocycles. The van der Waals surface area contributed by atoms with Gasteiger partial charge in [-0.1, -0.05) is 17.7 Å². The van der Waals surface area contributed by atoms with E-state index in [1.165, 1.54) is 6.33 Å². The van der Waals surface area contributed by atoms with Gasteiger partial charge in [0, 0.05) is 18.2 Å². The van der Waals surface area contributed by atoms with Gasteiger partial charge < -0.3 is 30.0 Å². The van der Waals surface area contributed by atoms with E-state index in [0.29, 0.717) is 34.0 Å². The Balaban J connectivity index is 1.90. The van der Waals surface area contributed by atoms with E-state index >= 15 is 0 Å². The van der Waals surface area contributed by atoms with Gasteiger partial charge in [-0.05, 0) is 17.7 Å². The van der Waals surface area contributed by atoms with E-state index in [2.05, 4.69) is 9.97 Å². The average Bonchev–Trinajstić information content (AvgIpc) is 3.23. The summed E-state index contributed by atoms with van der Waals surface area (Å²) in [4.78, 5) is 8.44. The van der Waals surface area contributed by atoms with Gasteiger partial charge in [0.1, 0.15) is 29.6 Å². The van der Waals surface area contributed by atoms with Gasteiger partial charge in [0.25, 0.3) is 0 Å². The van der Waals surface area contributed by atoms with Crippen LogP contribution in [0.5, 0.6) is 5.75 Å². The lowest BCUT2D eigenvalue weighted by Crippen LogP contribution is -2.19. The largest absolute Gasteiger partial charge is 0.495 e. The summed E-state index contributed by atoms with van der Waals surface area (Å²) in [6.07, 6.45) is 1.63. The average molecular weight is 391 g/mol. The number of nitrogens with two attached hydrogens (primary N) is 1. The summed E-state index contributed by atoms with van der Waals surface area (Å²) < 4.78 is 12.8. The van der Waals surface area contributed by atoms with E-state index in [9.17, 15) is 10.2 Å². The molecule has 9 heteroatoms. The Labute approximate surface area is 160 Å². The summed E-state index contributed by atoms with van der Waals surface area (Å²) in [5.74, 6) is 0.844. The zero-order valence-electron chi connectivity index (χ0n) is 14.5. The normalized spacial score (nSPS) is 22.4. The molecular weight excluding hydrogens is 372 g/mol. The van der Waals surface area contributed by atoms with Crippen LogP contribution in [0.25, 0.3) is 22.2 Å². The van der Waals surface area contributed by atoms with Gasteiger partial charge >= 0.3 is 0 Å². The van der Waals surface area contributed by atoms with E-state index in [1.807, 2.05) is 12.3 Å². The summed E-state index contributed by atoms with van der Waals surface area (Å²) in [5.41, 5.74) is 8.24. The fourth-order valence-corrected chi connectivity index (χ4v) is 3.64. The van der Waals surface area contributed by atoms with Crippen molar-refractivity contribution in [3.63, 3.8) is 0 Å². The summed E-state index contributed by atoms with van der Waals surface area (Å²) in [6, 6.07) is 5.39. The topological polar surface area (TPSA) is 116 Å². The monoisotopic (exact) mass is 390 g/mol. The van der Waals surface area contributed by atoms with Crippen molar-refractivity contribution in [1.29, 1.82) is 0 Å². The summed E-state index contributed by atoms with van der Waals surface area (Å²) in [6.45, 7) is -0.162. The maximum atomic E-state index is 10.4. The number of rotatable bonds is 4. The molecule has 1 aromatic carbocycles. The minimum absolute atomic E-state index is 0.162. The second-order valence-electron chi connectivity index (χ2n) is 6.39. The highest BCUT2D eigenvalue weighted by Crippen LogP contribution is 2.39. The van der Waals surface area contributed by atoms with Gasteiger partial charge in [-0.2, -0.15) is 0 Å². The standard InChI is InChI=1S/C18H19ClN4O4/c1-26-14-4-9(2-3-12(14)19)11-6-23(17-15(11)16(20)21-8-22-17)18-13(25)5-10(7-24)27-18/h2-4,6,8,10,13,18,24-25H,5,7H2,1H3,(H2,20,21,22)/t10-,13+,18+/m0/s1. The van der Waals surface area contributed by atoms with Crippen LogP contribution >= 0.6 is 11.6 Å². The number of aromatic nitrogens is 3. The van der Waals surface area contributed by atoms with Crippen LogP contribution in [-0.4, -0.2) is 50.7 Å². The fraction of sp³-hybridized carbons (Fsp3) is 0.333. The van der Waals surface area contributed by atoms with Crippen molar-refractivity contribution in [2.45, 2.75) is 24.9 Å². The third-order valence-electron chi connectivity index (χ3n) is 4.74. The molecule has 142 valence electrons. The summed E-state index contributed by atoms with van der Waals surface area (Å²) in [7, 11) is 1.55. The minimum Gasteiger partial charge on any atom is -0.495 e. The fourth-order valence-electron chi connectivity index (χ4n) is 3.45. The highest BCUT2D eigenvalue weighted by molar-refractivity contribution is 6.32. The zero-order chi connectivity index (χ0) is 19.1. The second kappa shape index (κ2) is 6.97. The van der Waals surface area contributed by atoms with Crippen molar-refractivity contribution in [3.05, 3.63) is 35.7 Å². The number of halogens is 1. The molecule has 0 unspecified atom stereocenters. The van der Waals surface area contributed by atoms with Gasteiger partial charge in [-0.3, -0.25) is 0 Å². The van der Waals surface area contributed by atoms with E-state index in [4.69, 9.17) is 26.8 Å². The molecule has 0 aliphatic carbocycles. The van der Waals surface area contributed by atoms with Crippen molar-refractivity contribution in [2.24, 2.45) is 0 Å². The number of nitrogens with zero attached hydrogens (tertiary/aromatic N) is 3. The molecule has 8 nitrogen and oxygen atoms in total. The van der Waals surface area contributed by atoms with Gasteiger partial charge in [0.05, 0.1) is 30.2 Å². The molecule has 0 saturated carbocycles. The minimum atomic E-state index is -0.776. The lowest BCUT2D eigenvalue weighted by molar-refractivity contribution is -0.0483. The molecule has 1 aliphatic rings. The maximum Gasteiger partial charge on any atom is 0.161 e. The maximum absolute atomic E-state index is 10.4. The van der Waals surface area contributed by atoms with Crippen LogP contribution in [0.3, 0.4) is 0 Å². The Morgan fingerprint density at radius 2 is 2.22 bits per heavy atom. The van der Waals surface area contributed by atoms with Crippen molar-refractivity contribution < 1.29 is 19.7 Å². The lowest BCUT2D eigenvalue weighted by Gasteiger charge is -2.17. The molecule has 4 rings (SSSR count). The van der Waals surface area contributed by atoms with Crippen LogP contribution in [-0.2, 0) is 4.74 Å². The number of aliphatic hydroxyl groups is 2. The van der Waals surface area contributed by atoms with Crippen LogP contribution in [0.15, 0.2) is 30.7 Å². The first kappa shape index (κ1) is 18.0. The second-order valence-corrected chi connectivity index (χ2v) is 6.80.